The zero-order chi connectivity index (χ0) is 44.9. The summed E-state index contributed by atoms with van der Waals surface area (Å²) in [6.07, 6.45) is 65.4. The molecule has 0 saturated carbocycles. The summed E-state index contributed by atoms with van der Waals surface area (Å²) in [5, 5.41) is 0. The predicted octanol–water partition coefficient (Wildman–Crippen LogP) is 18.3. The van der Waals surface area contributed by atoms with Crippen LogP contribution in [0, 0.1) is 0 Å². The Labute approximate surface area is 386 Å². The van der Waals surface area contributed by atoms with Gasteiger partial charge in [-0.05, 0) is 103 Å². The van der Waals surface area contributed by atoms with E-state index < -0.39 is 6.10 Å². The number of hydrogen-bond donors (Lipinski definition) is 0. The maximum atomic E-state index is 12.8. The largest absolute Gasteiger partial charge is 0.462 e. The molecule has 0 rings (SSSR count). The molecular weight excluding hydrogens is 765 g/mol. The monoisotopic (exact) mass is 869 g/mol. The standard InChI is InChI=1S/C57H104O5/c1-4-7-10-13-16-19-22-25-27-29-30-33-35-38-41-44-47-50-56(58)61-54-55(62-57(59)51-48-45-42-39-36-32-24-21-18-15-12-9-6-3)53-60-52-49-46-43-40-37-34-31-28-26-23-20-17-14-11-8-5-2/h16,19,21,24-28,55H,4-15,17-18,20,22-23,29-54H2,1-3H3/b19-16-,24-21-,27-25-,28-26-. The molecule has 0 N–H and O–H groups in total. The Morgan fingerprint density at radius 2 is 0.677 bits per heavy atom. The van der Waals surface area contributed by atoms with Gasteiger partial charge in [-0.3, -0.25) is 9.59 Å². The maximum Gasteiger partial charge on any atom is 0.306 e. The van der Waals surface area contributed by atoms with Crippen molar-refractivity contribution in [3.8, 4) is 0 Å². The van der Waals surface area contributed by atoms with E-state index in [0.29, 0.717) is 19.4 Å². The van der Waals surface area contributed by atoms with Crippen molar-refractivity contribution in [3.63, 3.8) is 0 Å². The minimum absolute atomic E-state index is 0.0772. The summed E-state index contributed by atoms with van der Waals surface area (Å²) in [7, 11) is 0. The van der Waals surface area contributed by atoms with Crippen LogP contribution in [0.15, 0.2) is 48.6 Å². The van der Waals surface area contributed by atoms with E-state index in [4.69, 9.17) is 14.2 Å². The van der Waals surface area contributed by atoms with Crippen LogP contribution in [0.2, 0.25) is 0 Å². The number of allylic oxidation sites excluding steroid dienone is 8. The molecule has 0 bridgehead atoms. The molecule has 0 aliphatic rings. The summed E-state index contributed by atoms with van der Waals surface area (Å²) in [5.41, 5.74) is 0. The molecular formula is C57H104O5. The quantitative estimate of drug-likeness (QED) is 0.0346. The van der Waals surface area contributed by atoms with Crippen molar-refractivity contribution in [3.05, 3.63) is 48.6 Å². The zero-order valence-corrected chi connectivity index (χ0v) is 41.6. The predicted molar refractivity (Wildman–Crippen MR) is 270 cm³/mol. The molecule has 62 heavy (non-hydrogen) atoms. The van der Waals surface area contributed by atoms with E-state index in [-0.39, 0.29) is 25.2 Å². The number of ether oxygens (including phenoxy) is 3. The van der Waals surface area contributed by atoms with E-state index >= 15 is 0 Å². The molecule has 0 aromatic carbocycles. The minimum atomic E-state index is -0.545. The highest BCUT2D eigenvalue weighted by Gasteiger charge is 2.17. The normalized spacial score (nSPS) is 12.5. The number of carbonyl (C=O) groups is 2. The van der Waals surface area contributed by atoms with Crippen molar-refractivity contribution in [2.24, 2.45) is 0 Å². The van der Waals surface area contributed by atoms with Crippen LogP contribution in [0.25, 0.3) is 0 Å². The Morgan fingerprint density at radius 3 is 1.13 bits per heavy atom. The smallest absolute Gasteiger partial charge is 0.306 e. The van der Waals surface area contributed by atoms with Crippen molar-refractivity contribution in [1.82, 2.24) is 0 Å². The van der Waals surface area contributed by atoms with Crippen LogP contribution in [0.1, 0.15) is 278 Å². The molecule has 1 atom stereocenters. The molecule has 362 valence electrons. The summed E-state index contributed by atoms with van der Waals surface area (Å²) in [6.45, 7) is 7.79. The molecule has 5 nitrogen and oxygen atoms in total. The highest BCUT2D eigenvalue weighted by molar-refractivity contribution is 5.70. The molecule has 0 fully saturated rings. The molecule has 0 amide bonds. The fourth-order valence-corrected chi connectivity index (χ4v) is 7.71. The summed E-state index contributed by atoms with van der Waals surface area (Å²) in [4.78, 5) is 25.4. The number of esters is 2. The fourth-order valence-electron chi connectivity index (χ4n) is 7.71. The minimum Gasteiger partial charge on any atom is -0.462 e. The molecule has 0 radical (unpaired) electrons. The van der Waals surface area contributed by atoms with Gasteiger partial charge in [0, 0.05) is 19.4 Å². The molecule has 0 aromatic rings. The number of hydrogen-bond acceptors (Lipinski definition) is 5. The van der Waals surface area contributed by atoms with Crippen molar-refractivity contribution in [1.29, 1.82) is 0 Å². The van der Waals surface area contributed by atoms with Gasteiger partial charge in [0.1, 0.15) is 6.61 Å². The molecule has 0 saturated heterocycles. The second-order valence-corrected chi connectivity index (χ2v) is 18.1. The van der Waals surface area contributed by atoms with Crippen LogP contribution in [0.4, 0.5) is 0 Å². The van der Waals surface area contributed by atoms with Crippen LogP contribution in [-0.2, 0) is 23.8 Å². The van der Waals surface area contributed by atoms with Crippen LogP contribution >= 0.6 is 0 Å². The van der Waals surface area contributed by atoms with Gasteiger partial charge in [-0.25, -0.2) is 0 Å². The van der Waals surface area contributed by atoms with Crippen molar-refractivity contribution < 1.29 is 23.8 Å². The van der Waals surface area contributed by atoms with Gasteiger partial charge >= 0.3 is 11.9 Å². The molecule has 0 spiro atoms. The molecule has 5 heteroatoms. The second kappa shape index (κ2) is 53.2. The van der Waals surface area contributed by atoms with E-state index in [9.17, 15) is 9.59 Å². The van der Waals surface area contributed by atoms with Gasteiger partial charge in [-0.1, -0.05) is 211 Å². The van der Waals surface area contributed by atoms with Crippen LogP contribution in [-0.4, -0.2) is 37.9 Å². The first-order chi connectivity index (χ1) is 30.6. The average molecular weight is 869 g/mol. The molecule has 0 aromatic heterocycles. The maximum absolute atomic E-state index is 12.8. The highest BCUT2D eigenvalue weighted by atomic mass is 16.6. The average Bonchev–Trinajstić information content (AvgIpc) is 3.27. The van der Waals surface area contributed by atoms with Crippen LogP contribution in [0.3, 0.4) is 0 Å². The highest BCUT2D eigenvalue weighted by Crippen LogP contribution is 2.14. The lowest BCUT2D eigenvalue weighted by atomic mass is 10.1. The summed E-state index contributed by atoms with van der Waals surface area (Å²) in [6, 6.07) is 0. The zero-order valence-electron chi connectivity index (χ0n) is 41.6. The lowest BCUT2D eigenvalue weighted by Gasteiger charge is -2.18. The van der Waals surface area contributed by atoms with E-state index in [1.165, 1.54) is 180 Å². The van der Waals surface area contributed by atoms with Gasteiger partial charge in [0.15, 0.2) is 6.10 Å². The second-order valence-electron chi connectivity index (χ2n) is 18.1. The summed E-state index contributed by atoms with van der Waals surface area (Å²) < 4.78 is 17.4. The van der Waals surface area contributed by atoms with E-state index in [1.54, 1.807) is 0 Å². The topological polar surface area (TPSA) is 61.8 Å². The summed E-state index contributed by atoms with van der Waals surface area (Å²) in [5.74, 6) is -0.410. The van der Waals surface area contributed by atoms with Crippen LogP contribution in [0.5, 0.6) is 0 Å². The first kappa shape index (κ1) is 59.9. The first-order valence-corrected chi connectivity index (χ1v) is 27.2. The van der Waals surface area contributed by atoms with Gasteiger partial charge in [0.2, 0.25) is 0 Å². The van der Waals surface area contributed by atoms with Gasteiger partial charge in [0.25, 0.3) is 0 Å². The Hall–Kier alpha value is -2.14. The number of unbranched alkanes of at least 4 members (excludes halogenated alkanes) is 31. The number of rotatable bonds is 50. The van der Waals surface area contributed by atoms with E-state index in [1.807, 2.05) is 0 Å². The number of carbonyl (C=O) groups excluding carboxylic acids is 2. The third kappa shape index (κ3) is 50.5. The van der Waals surface area contributed by atoms with E-state index in [2.05, 4.69) is 69.4 Å². The SMILES string of the molecule is CCCCC/C=C\C/C=C\CCCCCCCCCC(=O)OCC(COCCCCCCCC/C=C\CCCCCCCC)OC(=O)CCCCCCC/C=C\CCCCCC. The lowest BCUT2D eigenvalue weighted by molar-refractivity contribution is -0.163. The Morgan fingerprint density at radius 1 is 0.355 bits per heavy atom. The van der Waals surface area contributed by atoms with Gasteiger partial charge in [-0.15, -0.1) is 0 Å². The van der Waals surface area contributed by atoms with Gasteiger partial charge < -0.3 is 14.2 Å². The molecule has 0 aliphatic carbocycles. The fraction of sp³-hybridized carbons (Fsp3) is 0.825. The van der Waals surface area contributed by atoms with Crippen molar-refractivity contribution in [2.75, 3.05) is 19.8 Å². The van der Waals surface area contributed by atoms with Gasteiger partial charge in [0.05, 0.1) is 6.61 Å². The Balaban J connectivity index is 4.27. The molecule has 0 heterocycles. The van der Waals surface area contributed by atoms with Crippen LogP contribution < -0.4 is 0 Å². The third-order valence-corrected chi connectivity index (χ3v) is 11.8. The van der Waals surface area contributed by atoms with Gasteiger partial charge in [-0.2, -0.15) is 0 Å². The van der Waals surface area contributed by atoms with Crippen molar-refractivity contribution >= 4 is 11.9 Å². The third-order valence-electron chi connectivity index (χ3n) is 11.8. The molecule has 0 aliphatic heterocycles. The van der Waals surface area contributed by atoms with Crippen molar-refractivity contribution in [2.45, 2.75) is 284 Å². The molecule has 1 unspecified atom stereocenters. The Bertz CT molecular complexity index is 1030. The lowest BCUT2D eigenvalue weighted by Crippen LogP contribution is -2.30. The summed E-state index contributed by atoms with van der Waals surface area (Å²) >= 11 is 0. The van der Waals surface area contributed by atoms with E-state index in [0.717, 1.165) is 64.2 Å². The Kier molecular flexibility index (Phi) is 51.4. The first-order valence-electron chi connectivity index (χ1n) is 27.2.